The summed E-state index contributed by atoms with van der Waals surface area (Å²) < 4.78 is 0.927. The Kier molecular flexibility index (Phi) is 8.33. The molecule has 1 atom stereocenters. The number of nitrogens with zero attached hydrogens (tertiary/aromatic N) is 2. The lowest BCUT2D eigenvalue weighted by Crippen LogP contribution is -2.44. The van der Waals surface area contributed by atoms with E-state index in [1.807, 2.05) is 13.0 Å². The molecule has 0 radical (unpaired) electrons. The Morgan fingerprint density at radius 1 is 1.13 bits per heavy atom. The molecule has 4 rings (SSSR count). The number of hydrogen-bond acceptors (Lipinski definition) is 7. The summed E-state index contributed by atoms with van der Waals surface area (Å²) in [5.74, 6) is -0.748. The molecule has 38 heavy (non-hydrogen) atoms. The molecule has 3 amide bonds. The Balaban J connectivity index is 1.60. The van der Waals surface area contributed by atoms with Crippen molar-refractivity contribution in [3.05, 3.63) is 77.1 Å². The molecule has 200 valence electrons. The summed E-state index contributed by atoms with van der Waals surface area (Å²) in [5, 5.41) is 12.9. The molecule has 2 aliphatic heterocycles. The molecule has 1 aromatic heterocycles. The van der Waals surface area contributed by atoms with E-state index < -0.39 is 0 Å². The fraction of sp³-hybridized carbons (Fsp3) is 0.321. The standard InChI is InChI=1S/C28H34N6O3S/c1-6-22(34-12-10-33(5)11-13-34)21(32-24(35)7-2)14-17(3)30-27(36)19-8-9-23-20(15-19)25-26(38-23)28(37)31-18(4)16-29-25/h6-9,14-15,18,29H,1-2,10-13,16H2,3-5H3,(H,30,36)(H,31,37)(H,32,35)/b17-14+,22-21-/t18-/m1/s1. The van der Waals surface area contributed by atoms with E-state index in [9.17, 15) is 14.4 Å². The van der Waals surface area contributed by atoms with Crippen molar-refractivity contribution in [3.63, 3.8) is 0 Å². The van der Waals surface area contributed by atoms with Crippen LogP contribution in [0.1, 0.15) is 33.9 Å². The van der Waals surface area contributed by atoms with Gasteiger partial charge in [-0.2, -0.15) is 0 Å². The van der Waals surface area contributed by atoms with Crippen molar-refractivity contribution in [3.8, 4) is 0 Å². The number of anilines is 1. The molecule has 1 fully saturated rings. The molecule has 4 N–H and O–H groups in total. The first kappa shape index (κ1) is 27.2. The van der Waals surface area contributed by atoms with Crippen LogP contribution in [-0.2, 0) is 4.79 Å². The van der Waals surface area contributed by atoms with Crippen LogP contribution in [0.15, 0.2) is 66.7 Å². The SMILES string of the molecule is C=CC(=O)NC(/C=C(\C)NC(=O)c1ccc2sc3c(c2c1)NC[C@@H](C)NC3=O)=C(/C=C)N1CCN(C)CC1. The molecule has 0 spiro atoms. The molecule has 0 unspecified atom stereocenters. The normalized spacial score (nSPS) is 18.9. The molecule has 1 saturated heterocycles. The summed E-state index contributed by atoms with van der Waals surface area (Å²) in [6.07, 6.45) is 4.66. The van der Waals surface area contributed by atoms with Gasteiger partial charge in [-0.25, -0.2) is 0 Å². The summed E-state index contributed by atoms with van der Waals surface area (Å²) in [4.78, 5) is 43.0. The number of thiophene rings is 1. The highest BCUT2D eigenvalue weighted by Crippen LogP contribution is 2.37. The quantitative estimate of drug-likeness (QED) is 0.322. The fourth-order valence-electron chi connectivity index (χ4n) is 4.49. The van der Waals surface area contributed by atoms with Gasteiger partial charge in [0.25, 0.3) is 11.8 Å². The van der Waals surface area contributed by atoms with Gasteiger partial charge < -0.3 is 31.1 Å². The largest absolute Gasteiger partial charge is 0.381 e. The van der Waals surface area contributed by atoms with E-state index in [-0.39, 0.29) is 23.8 Å². The van der Waals surface area contributed by atoms with Crippen molar-refractivity contribution in [1.82, 2.24) is 25.8 Å². The lowest BCUT2D eigenvalue weighted by molar-refractivity contribution is -0.115. The number of rotatable bonds is 7. The number of amides is 3. The zero-order chi connectivity index (χ0) is 27.4. The third kappa shape index (κ3) is 5.98. The summed E-state index contributed by atoms with van der Waals surface area (Å²) in [6.45, 7) is 15.2. The van der Waals surface area contributed by atoms with Gasteiger partial charge in [0, 0.05) is 60.1 Å². The third-order valence-corrected chi connectivity index (χ3v) is 7.72. The molecule has 0 bridgehead atoms. The number of fused-ring (bicyclic) bond motifs is 3. The number of carbonyl (C=O) groups is 3. The highest BCUT2D eigenvalue weighted by Gasteiger charge is 2.24. The van der Waals surface area contributed by atoms with Gasteiger partial charge in [-0.1, -0.05) is 13.2 Å². The first-order chi connectivity index (χ1) is 18.2. The second kappa shape index (κ2) is 11.7. The third-order valence-electron chi connectivity index (χ3n) is 6.55. The number of benzene rings is 1. The van der Waals surface area contributed by atoms with Crippen LogP contribution in [0.4, 0.5) is 5.69 Å². The lowest BCUT2D eigenvalue weighted by atomic mass is 10.1. The average molecular weight is 535 g/mol. The van der Waals surface area contributed by atoms with Crippen LogP contribution >= 0.6 is 11.3 Å². The van der Waals surface area contributed by atoms with Crippen LogP contribution in [0.3, 0.4) is 0 Å². The summed E-state index contributed by atoms with van der Waals surface area (Å²) >= 11 is 1.40. The topological polar surface area (TPSA) is 106 Å². The van der Waals surface area contributed by atoms with Gasteiger partial charge in [0.2, 0.25) is 5.91 Å². The molecule has 1 aromatic carbocycles. The number of likely N-dealkylation sites (N-methyl/N-ethyl adjacent to an activating group) is 1. The fourth-order valence-corrected chi connectivity index (χ4v) is 5.55. The Labute approximate surface area is 226 Å². The summed E-state index contributed by atoms with van der Waals surface area (Å²) in [6, 6.07) is 5.42. The molecular formula is C28H34N6O3S. The zero-order valence-corrected chi connectivity index (χ0v) is 22.8. The van der Waals surface area contributed by atoms with E-state index in [2.05, 4.69) is 51.3 Å². The van der Waals surface area contributed by atoms with Crippen molar-refractivity contribution in [2.75, 3.05) is 45.1 Å². The van der Waals surface area contributed by atoms with Gasteiger partial charge in [0.15, 0.2) is 0 Å². The molecule has 2 aromatic rings. The monoisotopic (exact) mass is 534 g/mol. The van der Waals surface area contributed by atoms with E-state index in [0.717, 1.165) is 47.6 Å². The zero-order valence-electron chi connectivity index (χ0n) is 22.0. The van der Waals surface area contributed by atoms with Crippen LogP contribution < -0.4 is 21.3 Å². The van der Waals surface area contributed by atoms with Crippen LogP contribution in [0.2, 0.25) is 0 Å². The van der Waals surface area contributed by atoms with Gasteiger partial charge in [0.1, 0.15) is 4.88 Å². The molecular weight excluding hydrogens is 500 g/mol. The molecule has 10 heteroatoms. The predicted octanol–water partition coefficient (Wildman–Crippen LogP) is 3.03. The number of piperazine rings is 1. The summed E-state index contributed by atoms with van der Waals surface area (Å²) in [7, 11) is 2.07. The molecule has 0 saturated carbocycles. The minimum Gasteiger partial charge on any atom is -0.381 e. The second-order valence-electron chi connectivity index (χ2n) is 9.54. The maximum atomic E-state index is 13.2. The van der Waals surface area contributed by atoms with E-state index >= 15 is 0 Å². The number of hydrogen-bond donors (Lipinski definition) is 4. The van der Waals surface area contributed by atoms with E-state index in [1.165, 1.54) is 17.4 Å². The molecule has 9 nitrogen and oxygen atoms in total. The minimum absolute atomic E-state index is 0.00607. The van der Waals surface area contributed by atoms with Crippen molar-refractivity contribution in [2.45, 2.75) is 19.9 Å². The Hall–Kier alpha value is -3.89. The van der Waals surface area contributed by atoms with E-state index in [4.69, 9.17) is 0 Å². The maximum absolute atomic E-state index is 13.2. The number of carbonyl (C=O) groups excluding carboxylic acids is 3. The van der Waals surface area contributed by atoms with Crippen LogP contribution in [0, 0.1) is 0 Å². The average Bonchev–Trinajstić information content (AvgIpc) is 3.19. The highest BCUT2D eigenvalue weighted by molar-refractivity contribution is 7.21. The smallest absolute Gasteiger partial charge is 0.263 e. The van der Waals surface area contributed by atoms with E-state index in [0.29, 0.717) is 28.4 Å². The van der Waals surface area contributed by atoms with Crippen LogP contribution in [0.25, 0.3) is 10.1 Å². The lowest BCUT2D eigenvalue weighted by Gasteiger charge is -2.35. The van der Waals surface area contributed by atoms with Gasteiger partial charge >= 0.3 is 0 Å². The summed E-state index contributed by atoms with van der Waals surface area (Å²) in [5.41, 5.74) is 3.10. The Morgan fingerprint density at radius 3 is 2.55 bits per heavy atom. The molecule has 3 heterocycles. The van der Waals surface area contributed by atoms with Crippen molar-refractivity contribution >= 4 is 44.8 Å². The van der Waals surface area contributed by atoms with E-state index in [1.54, 1.807) is 31.2 Å². The number of nitrogens with one attached hydrogen (secondary N) is 4. The van der Waals surface area contributed by atoms with Crippen LogP contribution in [0.5, 0.6) is 0 Å². The number of allylic oxidation sites excluding steroid dienone is 3. The van der Waals surface area contributed by atoms with Gasteiger partial charge in [-0.3, -0.25) is 14.4 Å². The molecule has 0 aliphatic carbocycles. The van der Waals surface area contributed by atoms with Gasteiger partial charge in [-0.05, 0) is 57.3 Å². The molecule has 2 aliphatic rings. The van der Waals surface area contributed by atoms with Crippen molar-refractivity contribution in [2.24, 2.45) is 0 Å². The maximum Gasteiger partial charge on any atom is 0.263 e. The second-order valence-corrected chi connectivity index (χ2v) is 10.6. The minimum atomic E-state index is -0.349. The highest BCUT2D eigenvalue weighted by atomic mass is 32.1. The predicted molar refractivity (Wildman–Crippen MR) is 153 cm³/mol. The Morgan fingerprint density at radius 2 is 1.87 bits per heavy atom. The van der Waals surface area contributed by atoms with Crippen molar-refractivity contribution in [1.29, 1.82) is 0 Å². The van der Waals surface area contributed by atoms with Gasteiger partial charge in [-0.15, -0.1) is 11.3 Å². The van der Waals surface area contributed by atoms with Crippen LogP contribution in [-0.4, -0.2) is 73.3 Å². The Bertz CT molecular complexity index is 1350. The first-order valence-corrected chi connectivity index (χ1v) is 13.4. The van der Waals surface area contributed by atoms with Crippen molar-refractivity contribution < 1.29 is 14.4 Å². The first-order valence-electron chi connectivity index (χ1n) is 12.5. The van der Waals surface area contributed by atoms with Gasteiger partial charge in [0.05, 0.1) is 17.1 Å².